The summed E-state index contributed by atoms with van der Waals surface area (Å²) in [4.78, 5) is 0. The minimum atomic E-state index is -0.212. The fourth-order valence-corrected chi connectivity index (χ4v) is 2.76. The third kappa shape index (κ3) is 5.81. The molecule has 0 unspecified atom stereocenters. The smallest absolute Gasteiger partial charge is 0.144 e. The van der Waals surface area contributed by atoms with E-state index in [4.69, 9.17) is 10.9 Å². The number of oxime groups is 1. The fourth-order valence-electron chi connectivity index (χ4n) is 2.76. The SMILES string of the molecule is CC1CCC(CNCCCC(C)(C)C(N)=NO)CC1. The predicted molar refractivity (Wildman–Crippen MR) is 80.4 cm³/mol. The van der Waals surface area contributed by atoms with Gasteiger partial charge in [0.25, 0.3) is 0 Å². The second kappa shape index (κ2) is 7.73. The van der Waals surface area contributed by atoms with E-state index in [1.165, 1.54) is 25.7 Å². The van der Waals surface area contributed by atoms with Crippen LogP contribution >= 0.6 is 0 Å². The Kier molecular flexibility index (Phi) is 6.63. The van der Waals surface area contributed by atoms with E-state index < -0.39 is 0 Å². The summed E-state index contributed by atoms with van der Waals surface area (Å²) in [7, 11) is 0. The van der Waals surface area contributed by atoms with Gasteiger partial charge in [-0.05, 0) is 50.6 Å². The quantitative estimate of drug-likeness (QED) is 0.219. The first kappa shape index (κ1) is 16.3. The molecular formula is C15H31N3O. The molecule has 4 N–H and O–H groups in total. The van der Waals surface area contributed by atoms with Crippen molar-refractivity contribution in [1.29, 1.82) is 0 Å². The first-order chi connectivity index (χ1) is 8.95. The predicted octanol–water partition coefficient (Wildman–Crippen LogP) is 2.96. The van der Waals surface area contributed by atoms with Crippen molar-refractivity contribution in [2.75, 3.05) is 13.1 Å². The lowest BCUT2D eigenvalue weighted by Gasteiger charge is -2.26. The van der Waals surface area contributed by atoms with Gasteiger partial charge in [0.2, 0.25) is 0 Å². The highest BCUT2D eigenvalue weighted by molar-refractivity contribution is 5.85. The van der Waals surface area contributed by atoms with Gasteiger partial charge < -0.3 is 16.3 Å². The van der Waals surface area contributed by atoms with Crippen LogP contribution in [-0.2, 0) is 0 Å². The van der Waals surface area contributed by atoms with E-state index in [-0.39, 0.29) is 5.41 Å². The Hall–Kier alpha value is -0.770. The maximum absolute atomic E-state index is 8.71. The Labute approximate surface area is 117 Å². The Bertz CT molecular complexity index is 281. The molecule has 0 aromatic rings. The molecule has 0 atom stereocenters. The van der Waals surface area contributed by atoms with Crippen molar-refractivity contribution in [2.24, 2.45) is 28.1 Å². The van der Waals surface area contributed by atoms with Crippen molar-refractivity contribution in [2.45, 2.75) is 59.3 Å². The molecule has 4 heteroatoms. The molecule has 0 radical (unpaired) electrons. The van der Waals surface area contributed by atoms with Crippen LogP contribution in [0.1, 0.15) is 59.3 Å². The Morgan fingerprint density at radius 2 is 1.95 bits per heavy atom. The number of nitrogens with one attached hydrogen (secondary N) is 1. The normalized spacial score (nSPS) is 25.5. The van der Waals surface area contributed by atoms with E-state index in [9.17, 15) is 0 Å². The van der Waals surface area contributed by atoms with Crippen LogP contribution in [0.2, 0.25) is 0 Å². The topological polar surface area (TPSA) is 70.6 Å². The zero-order valence-electron chi connectivity index (χ0n) is 12.8. The third-order valence-electron chi connectivity index (χ3n) is 4.52. The van der Waals surface area contributed by atoms with Crippen LogP contribution in [0.3, 0.4) is 0 Å². The average molecular weight is 269 g/mol. The lowest BCUT2D eigenvalue weighted by molar-refractivity contribution is 0.280. The van der Waals surface area contributed by atoms with Gasteiger partial charge >= 0.3 is 0 Å². The molecule has 1 aliphatic carbocycles. The molecule has 1 fully saturated rings. The van der Waals surface area contributed by atoms with Crippen LogP contribution in [0.15, 0.2) is 5.16 Å². The van der Waals surface area contributed by atoms with Crippen molar-refractivity contribution in [1.82, 2.24) is 5.32 Å². The monoisotopic (exact) mass is 269 g/mol. The first-order valence-corrected chi connectivity index (χ1v) is 7.64. The van der Waals surface area contributed by atoms with Crippen molar-refractivity contribution in [3.63, 3.8) is 0 Å². The van der Waals surface area contributed by atoms with Gasteiger partial charge in [-0.15, -0.1) is 0 Å². The van der Waals surface area contributed by atoms with Crippen molar-refractivity contribution in [3.8, 4) is 0 Å². The highest BCUT2D eigenvalue weighted by Gasteiger charge is 2.23. The third-order valence-corrected chi connectivity index (χ3v) is 4.52. The molecule has 0 amide bonds. The van der Waals surface area contributed by atoms with Crippen LogP contribution in [0, 0.1) is 17.3 Å². The lowest BCUT2D eigenvalue weighted by atomic mass is 9.83. The molecule has 0 bridgehead atoms. The number of nitrogens with two attached hydrogens (primary N) is 1. The van der Waals surface area contributed by atoms with Crippen molar-refractivity contribution >= 4 is 5.84 Å². The molecule has 0 saturated heterocycles. The largest absolute Gasteiger partial charge is 0.409 e. The minimum Gasteiger partial charge on any atom is -0.409 e. The molecule has 0 aromatic heterocycles. The van der Waals surface area contributed by atoms with Gasteiger partial charge in [0.15, 0.2) is 0 Å². The molecule has 4 nitrogen and oxygen atoms in total. The van der Waals surface area contributed by atoms with E-state index in [2.05, 4.69) is 17.4 Å². The second-order valence-electron chi connectivity index (χ2n) is 6.80. The molecule has 1 rings (SSSR count). The molecule has 1 saturated carbocycles. The second-order valence-corrected chi connectivity index (χ2v) is 6.80. The van der Waals surface area contributed by atoms with Crippen LogP contribution < -0.4 is 11.1 Å². The van der Waals surface area contributed by atoms with Crippen LogP contribution in [0.25, 0.3) is 0 Å². The summed E-state index contributed by atoms with van der Waals surface area (Å²) in [6, 6.07) is 0. The van der Waals surface area contributed by atoms with Crippen LogP contribution in [-0.4, -0.2) is 24.1 Å². The molecule has 19 heavy (non-hydrogen) atoms. The minimum absolute atomic E-state index is 0.212. The van der Waals surface area contributed by atoms with Gasteiger partial charge in [-0.2, -0.15) is 0 Å². The first-order valence-electron chi connectivity index (χ1n) is 7.64. The van der Waals surface area contributed by atoms with E-state index >= 15 is 0 Å². The Morgan fingerprint density at radius 3 is 2.53 bits per heavy atom. The summed E-state index contributed by atoms with van der Waals surface area (Å²) < 4.78 is 0. The Morgan fingerprint density at radius 1 is 1.32 bits per heavy atom. The zero-order chi connectivity index (χ0) is 14.3. The molecule has 0 heterocycles. The number of nitrogens with zero attached hydrogens (tertiary/aromatic N) is 1. The summed E-state index contributed by atoms with van der Waals surface area (Å²) in [6.45, 7) is 8.57. The van der Waals surface area contributed by atoms with Gasteiger partial charge in [0.1, 0.15) is 5.84 Å². The summed E-state index contributed by atoms with van der Waals surface area (Å²) in [5.41, 5.74) is 5.46. The highest BCUT2D eigenvalue weighted by atomic mass is 16.4. The highest BCUT2D eigenvalue weighted by Crippen LogP contribution is 2.27. The molecule has 0 aliphatic heterocycles. The molecule has 1 aliphatic rings. The van der Waals surface area contributed by atoms with Gasteiger partial charge in [0.05, 0.1) is 0 Å². The van der Waals surface area contributed by atoms with E-state index in [1.54, 1.807) is 0 Å². The van der Waals surface area contributed by atoms with Crippen molar-refractivity contribution in [3.05, 3.63) is 0 Å². The van der Waals surface area contributed by atoms with E-state index in [0.29, 0.717) is 5.84 Å². The van der Waals surface area contributed by atoms with Gasteiger partial charge in [-0.3, -0.25) is 0 Å². The fraction of sp³-hybridized carbons (Fsp3) is 0.933. The number of amidine groups is 1. The maximum atomic E-state index is 8.71. The van der Waals surface area contributed by atoms with Gasteiger partial charge in [-0.1, -0.05) is 38.8 Å². The summed E-state index contributed by atoms with van der Waals surface area (Å²) in [5, 5.41) is 15.4. The van der Waals surface area contributed by atoms with Gasteiger partial charge in [-0.25, -0.2) is 0 Å². The Balaban J connectivity index is 2.08. The average Bonchev–Trinajstić information content (AvgIpc) is 2.39. The summed E-state index contributed by atoms with van der Waals surface area (Å²) in [5.74, 6) is 2.12. The lowest BCUT2D eigenvalue weighted by Crippen LogP contribution is -2.33. The maximum Gasteiger partial charge on any atom is 0.144 e. The van der Waals surface area contributed by atoms with Crippen molar-refractivity contribution < 1.29 is 5.21 Å². The number of rotatable bonds is 7. The number of hydrogen-bond donors (Lipinski definition) is 3. The van der Waals surface area contributed by atoms with Crippen LogP contribution in [0.4, 0.5) is 0 Å². The van der Waals surface area contributed by atoms with E-state index in [1.807, 2.05) is 13.8 Å². The van der Waals surface area contributed by atoms with E-state index in [0.717, 1.165) is 37.8 Å². The molecular weight excluding hydrogens is 238 g/mol. The van der Waals surface area contributed by atoms with Gasteiger partial charge in [0, 0.05) is 5.41 Å². The van der Waals surface area contributed by atoms with Crippen LogP contribution in [0.5, 0.6) is 0 Å². The molecule has 0 spiro atoms. The summed E-state index contributed by atoms with van der Waals surface area (Å²) >= 11 is 0. The number of hydrogen-bond acceptors (Lipinski definition) is 3. The summed E-state index contributed by atoms with van der Waals surface area (Å²) in [6.07, 6.45) is 7.54. The molecule has 0 aromatic carbocycles. The zero-order valence-corrected chi connectivity index (χ0v) is 12.8. The standard InChI is InChI=1S/C15H31N3O/c1-12-5-7-13(8-6-12)11-17-10-4-9-15(2,3)14(16)18-19/h12-13,17,19H,4-11H2,1-3H3,(H2,16,18). The molecule has 112 valence electrons.